The van der Waals surface area contributed by atoms with Gasteiger partial charge in [-0.3, -0.25) is 0 Å². The van der Waals surface area contributed by atoms with E-state index in [-0.39, 0.29) is 26.3 Å². The molecule has 2 aromatic heterocycles. The van der Waals surface area contributed by atoms with Gasteiger partial charge in [0.1, 0.15) is 0 Å². The van der Waals surface area contributed by atoms with Gasteiger partial charge in [0.15, 0.2) is 0 Å². The van der Waals surface area contributed by atoms with Crippen molar-refractivity contribution in [3.63, 3.8) is 0 Å². The van der Waals surface area contributed by atoms with Crippen molar-refractivity contribution in [3.8, 4) is 0 Å². The van der Waals surface area contributed by atoms with Crippen LogP contribution in [0.4, 0.5) is 26.3 Å². The van der Waals surface area contributed by atoms with Gasteiger partial charge >= 0.3 is 17.8 Å². The number of methoxy groups -OCH3 is 2. The lowest BCUT2D eigenvalue weighted by atomic mass is 9.92. The predicted molar refractivity (Wildman–Crippen MR) is 136 cm³/mol. The number of hydrogen-bond acceptors (Lipinski definition) is 4. The molecule has 196 valence electrons. The molecule has 2 unspecified atom stereocenters. The maximum atomic E-state index is 15.8. The Morgan fingerprint density at radius 3 is 1.78 bits per heavy atom. The van der Waals surface area contributed by atoms with E-state index in [1.165, 1.54) is 20.3 Å². The highest BCUT2D eigenvalue weighted by Crippen LogP contribution is 2.67. The monoisotopic (exact) mass is 556 g/mol. The fourth-order valence-corrected chi connectivity index (χ4v) is 7.46. The Kier molecular flexibility index (Phi) is 6.26. The predicted octanol–water partition coefficient (Wildman–Crippen LogP) is 9.36. The van der Waals surface area contributed by atoms with Gasteiger partial charge < -0.3 is 9.47 Å². The van der Waals surface area contributed by atoms with Crippen LogP contribution in [0.15, 0.2) is 48.5 Å². The van der Waals surface area contributed by atoms with E-state index >= 15 is 26.3 Å². The van der Waals surface area contributed by atoms with E-state index in [1.54, 1.807) is 56.3 Å². The molecule has 0 aliphatic heterocycles. The molecule has 1 aliphatic rings. The first-order valence-electron chi connectivity index (χ1n) is 11.4. The number of ether oxygens (including phenoxy) is 2. The third kappa shape index (κ3) is 3.52. The van der Waals surface area contributed by atoms with E-state index in [4.69, 9.17) is 9.47 Å². The summed E-state index contributed by atoms with van der Waals surface area (Å²) >= 11 is 1.84. The van der Waals surface area contributed by atoms with Gasteiger partial charge in [0.25, 0.3) is 0 Å². The van der Waals surface area contributed by atoms with Crippen LogP contribution in [-0.2, 0) is 9.47 Å². The second-order valence-corrected chi connectivity index (χ2v) is 11.0. The van der Waals surface area contributed by atoms with Gasteiger partial charge in [-0.1, -0.05) is 36.4 Å². The Labute approximate surface area is 217 Å². The zero-order chi connectivity index (χ0) is 26.9. The molecule has 0 bridgehead atoms. The molecule has 10 heteroatoms. The molecule has 0 spiro atoms. The van der Waals surface area contributed by atoms with E-state index < -0.39 is 41.1 Å². The molecule has 2 heterocycles. The minimum Gasteiger partial charge on any atom is -0.377 e. The molecular formula is C27H22F6O2S2. The van der Waals surface area contributed by atoms with Crippen molar-refractivity contribution in [2.45, 2.75) is 43.8 Å². The molecule has 1 aliphatic carbocycles. The normalized spacial score (nSPS) is 20.2. The van der Waals surface area contributed by atoms with Crippen molar-refractivity contribution in [1.82, 2.24) is 0 Å². The van der Waals surface area contributed by atoms with E-state index in [0.717, 1.165) is 22.7 Å². The third-order valence-corrected chi connectivity index (χ3v) is 9.42. The molecule has 0 fully saturated rings. The SMILES string of the molecule is COC(C)c1sc2ccccc2c1C1=C(c2sc3ccccc3c2C(C)OC)C(F)(F)C(F)(F)C1(F)F. The summed E-state index contributed by atoms with van der Waals surface area (Å²) in [5, 5.41) is 0.674. The number of benzene rings is 2. The van der Waals surface area contributed by atoms with E-state index in [9.17, 15) is 0 Å². The molecule has 0 radical (unpaired) electrons. The Bertz CT molecular complexity index is 1530. The first-order valence-corrected chi connectivity index (χ1v) is 13.0. The summed E-state index contributed by atoms with van der Waals surface area (Å²) in [7, 11) is 2.69. The second-order valence-electron chi connectivity index (χ2n) is 8.91. The topological polar surface area (TPSA) is 18.5 Å². The van der Waals surface area contributed by atoms with Crippen LogP contribution in [0, 0.1) is 0 Å². The molecule has 0 amide bonds. The highest BCUT2D eigenvalue weighted by Gasteiger charge is 2.81. The van der Waals surface area contributed by atoms with Crippen LogP contribution < -0.4 is 0 Å². The van der Waals surface area contributed by atoms with Crippen LogP contribution in [0.1, 0.15) is 46.9 Å². The summed E-state index contributed by atoms with van der Waals surface area (Å²) in [6.07, 6.45) is -1.63. The summed E-state index contributed by atoms with van der Waals surface area (Å²) in [6, 6.07) is 12.9. The van der Waals surface area contributed by atoms with Crippen molar-refractivity contribution < 1.29 is 35.8 Å². The van der Waals surface area contributed by atoms with Crippen LogP contribution in [0.3, 0.4) is 0 Å². The van der Waals surface area contributed by atoms with E-state index in [0.29, 0.717) is 14.8 Å². The van der Waals surface area contributed by atoms with Crippen LogP contribution in [0.25, 0.3) is 31.3 Å². The Hall–Kier alpha value is -2.40. The lowest BCUT2D eigenvalue weighted by molar-refractivity contribution is -0.254. The van der Waals surface area contributed by atoms with Crippen molar-refractivity contribution in [2.24, 2.45) is 0 Å². The van der Waals surface area contributed by atoms with Crippen LogP contribution in [0.5, 0.6) is 0 Å². The Morgan fingerprint density at radius 2 is 1.19 bits per heavy atom. The number of thiophene rings is 2. The zero-order valence-corrected chi connectivity index (χ0v) is 21.8. The number of allylic oxidation sites excluding steroid dienone is 2. The highest BCUT2D eigenvalue weighted by atomic mass is 32.1. The molecule has 5 rings (SSSR count). The molecule has 2 atom stereocenters. The third-order valence-electron chi connectivity index (χ3n) is 6.88. The van der Waals surface area contributed by atoms with E-state index in [1.807, 2.05) is 0 Å². The molecule has 2 nitrogen and oxygen atoms in total. The molecule has 0 N–H and O–H groups in total. The number of halogens is 6. The van der Waals surface area contributed by atoms with Crippen molar-refractivity contribution in [2.75, 3.05) is 14.2 Å². The van der Waals surface area contributed by atoms with Crippen LogP contribution in [-0.4, -0.2) is 32.0 Å². The largest absolute Gasteiger partial charge is 0.380 e. The minimum atomic E-state index is -5.66. The average molecular weight is 557 g/mol. The van der Waals surface area contributed by atoms with Gasteiger partial charge in [-0.05, 0) is 31.4 Å². The van der Waals surface area contributed by atoms with Crippen molar-refractivity contribution in [1.29, 1.82) is 0 Å². The summed E-state index contributed by atoms with van der Waals surface area (Å²) in [6.45, 7) is 3.13. The van der Waals surface area contributed by atoms with Crippen molar-refractivity contribution in [3.05, 3.63) is 69.4 Å². The van der Waals surface area contributed by atoms with Gasteiger partial charge in [0.05, 0.1) is 17.8 Å². The molecule has 0 saturated heterocycles. The van der Waals surface area contributed by atoms with Gasteiger partial charge in [-0.15, -0.1) is 22.7 Å². The maximum Gasteiger partial charge on any atom is 0.380 e. The second kappa shape index (κ2) is 8.83. The first-order chi connectivity index (χ1) is 17.4. The summed E-state index contributed by atoms with van der Waals surface area (Å²) in [5.41, 5.74) is -2.89. The minimum absolute atomic E-state index is 0.171. The Balaban J connectivity index is 2.00. The Morgan fingerprint density at radius 1 is 0.676 bits per heavy atom. The van der Waals surface area contributed by atoms with E-state index in [2.05, 4.69) is 0 Å². The van der Waals surface area contributed by atoms with Crippen LogP contribution >= 0.6 is 22.7 Å². The number of rotatable bonds is 6. The number of hydrogen-bond donors (Lipinski definition) is 0. The fourth-order valence-electron chi connectivity index (χ4n) is 4.85. The molecule has 2 aromatic carbocycles. The average Bonchev–Trinajstić information content (AvgIpc) is 3.46. The number of alkyl halides is 6. The first kappa shape index (κ1) is 26.2. The highest BCUT2D eigenvalue weighted by molar-refractivity contribution is 7.20. The quantitative estimate of drug-likeness (QED) is 0.220. The van der Waals surface area contributed by atoms with Gasteiger partial charge in [-0.2, -0.15) is 26.3 Å². The van der Waals surface area contributed by atoms with Crippen LogP contribution in [0.2, 0.25) is 0 Å². The molecule has 37 heavy (non-hydrogen) atoms. The summed E-state index contributed by atoms with van der Waals surface area (Å²) in [5.74, 6) is -16.0. The molecular weight excluding hydrogens is 534 g/mol. The summed E-state index contributed by atoms with van der Waals surface area (Å²) in [4.78, 5) is -0.162. The lowest BCUT2D eigenvalue weighted by Crippen LogP contribution is -2.49. The van der Waals surface area contributed by atoms with Crippen molar-refractivity contribution >= 4 is 54.0 Å². The number of fused-ring (bicyclic) bond motifs is 2. The standard InChI is InChI=1S/C27H22F6O2S2/c1-13(34-3)19-15-9-5-7-11-17(15)37-24(19)22-21(25(28,29)27(32,33)26(22,30)31)20-16-10-6-8-12-18(16)36-23(20)14(2)35-4/h5-14H,1-4H3. The van der Waals surface area contributed by atoms with Gasteiger partial charge in [-0.25, -0.2) is 0 Å². The smallest absolute Gasteiger partial charge is 0.377 e. The maximum absolute atomic E-state index is 15.8. The molecule has 4 aromatic rings. The summed E-state index contributed by atoms with van der Waals surface area (Å²) < 4.78 is 105. The molecule has 0 saturated carbocycles. The lowest BCUT2D eigenvalue weighted by Gasteiger charge is -2.26. The zero-order valence-electron chi connectivity index (χ0n) is 20.2. The van der Waals surface area contributed by atoms with Gasteiger partial charge in [0, 0.05) is 55.5 Å². The fraction of sp³-hybridized carbons (Fsp3) is 0.333. The van der Waals surface area contributed by atoms with Gasteiger partial charge in [0.2, 0.25) is 0 Å².